The van der Waals surface area contributed by atoms with Gasteiger partial charge in [-0.1, -0.05) is 46.3 Å². The number of benzene rings is 2. The van der Waals surface area contributed by atoms with Gasteiger partial charge in [0.2, 0.25) is 5.91 Å². The van der Waals surface area contributed by atoms with E-state index in [1.807, 2.05) is 0 Å². The lowest BCUT2D eigenvalue weighted by Gasteiger charge is -2.13. The minimum atomic E-state index is -1.00. The monoisotopic (exact) mass is 340 g/mol. The van der Waals surface area contributed by atoms with Gasteiger partial charge in [-0.2, -0.15) is 0 Å². The van der Waals surface area contributed by atoms with Gasteiger partial charge >= 0.3 is 0 Å². The third-order valence-corrected chi connectivity index (χ3v) is 3.15. The van der Waals surface area contributed by atoms with Crippen LogP contribution in [0.25, 0.3) is 0 Å². The van der Waals surface area contributed by atoms with E-state index in [2.05, 4.69) is 21.2 Å². The lowest BCUT2D eigenvalue weighted by Crippen LogP contribution is -2.28. The van der Waals surface area contributed by atoms with Gasteiger partial charge in [0.05, 0.1) is 0 Å². The van der Waals surface area contributed by atoms with Crippen molar-refractivity contribution in [3.05, 3.63) is 64.1 Å². The fourth-order valence-electron chi connectivity index (χ4n) is 1.67. The molecule has 2 aromatic rings. The third kappa shape index (κ3) is 3.20. The molecule has 1 amide bonds. The van der Waals surface area contributed by atoms with Gasteiger partial charge < -0.3 is 11.1 Å². The lowest BCUT2D eigenvalue weighted by molar-refractivity contribution is -0.117. The van der Waals surface area contributed by atoms with Crippen molar-refractivity contribution >= 4 is 27.5 Å². The van der Waals surface area contributed by atoms with Crippen molar-refractivity contribution in [3.8, 4) is 0 Å². The van der Waals surface area contributed by atoms with Crippen molar-refractivity contribution in [1.29, 1.82) is 0 Å². The largest absolute Gasteiger partial charge is 0.320 e. The number of nitrogens with one attached hydrogen (secondary N) is 1. The summed E-state index contributed by atoms with van der Waals surface area (Å²) in [6, 6.07) is 9.68. The van der Waals surface area contributed by atoms with Gasteiger partial charge in [-0.25, -0.2) is 8.78 Å². The summed E-state index contributed by atoms with van der Waals surface area (Å²) in [7, 11) is 0. The minimum absolute atomic E-state index is 0.248. The third-order valence-electron chi connectivity index (χ3n) is 2.70. The second-order valence-electron chi connectivity index (χ2n) is 4.12. The number of halogens is 3. The van der Waals surface area contributed by atoms with Crippen molar-refractivity contribution in [2.24, 2.45) is 5.73 Å². The molecule has 2 rings (SSSR count). The van der Waals surface area contributed by atoms with Crippen molar-refractivity contribution in [1.82, 2.24) is 0 Å². The van der Waals surface area contributed by atoms with Crippen LogP contribution in [-0.2, 0) is 4.79 Å². The maximum atomic E-state index is 13.6. The molecule has 3 N–H and O–H groups in total. The molecule has 0 fully saturated rings. The van der Waals surface area contributed by atoms with Gasteiger partial charge in [0.1, 0.15) is 11.7 Å². The molecule has 0 aliphatic rings. The van der Waals surface area contributed by atoms with E-state index in [1.54, 1.807) is 30.3 Å². The molecule has 0 radical (unpaired) electrons. The quantitative estimate of drug-likeness (QED) is 0.899. The van der Waals surface area contributed by atoms with Crippen LogP contribution in [-0.4, -0.2) is 5.91 Å². The van der Waals surface area contributed by atoms with E-state index in [1.165, 1.54) is 0 Å². The molecule has 6 heteroatoms. The van der Waals surface area contributed by atoms with E-state index >= 15 is 0 Å². The van der Waals surface area contributed by atoms with Crippen LogP contribution >= 0.6 is 15.9 Å². The topological polar surface area (TPSA) is 55.1 Å². The molecule has 20 heavy (non-hydrogen) atoms. The molecule has 0 saturated heterocycles. The maximum Gasteiger partial charge on any atom is 0.246 e. The van der Waals surface area contributed by atoms with Crippen molar-refractivity contribution in [2.75, 3.05) is 5.32 Å². The molecular formula is C14H11BrF2N2O. The summed E-state index contributed by atoms with van der Waals surface area (Å²) < 4.78 is 27.5. The van der Waals surface area contributed by atoms with E-state index in [9.17, 15) is 13.6 Å². The predicted molar refractivity (Wildman–Crippen MR) is 76.1 cm³/mol. The number of carbonyl (C=O) groups excluding carboxylic acids is 1. The molecule has 0 aromatic heterocycles. The molecule has 104 valence electrons. The zero-order valence-electron chi connectivity index (χ0n) is 10.2. The minimum Gasteiger partial charge on any atom is -0.320 e. The van der Waals surface area contributed by atoms with E-state index < -0.39 is 29.3 Å². The smallest absolute Gasteiger partial charge is 0.246 e. The lowest BCUT2D eigenvalue weighted by atomic mass is 10.1. The van der Waals surface area contributed by atoms with Crippen LogP contribution in [0.4, 0.5) is 14.5 Å². The molecule has 0 aliphatic carbocycles. The molecule has 1 atom stereocenters. The highest BCUT2D eigenvalue weighted by molar-refractivity contribution is 9.10. The van der Waals surface area contributed by atoms with Crippen molar-refractivity contribution < 1.29 is 13.6 Å². The highest BCUT2D eigenvalue weighted by Crippen LogP contribution is 2.24. The zero-order chi connectivity index (χ0) is 14.7. The molecule has 2 aromatic carbocycles. The Morgan fingerprint density at radius 1 is 1.15 bits per heavy atom. The Balaban J connectivity index is 2.20. The van der Waals surface area contributed by atoms with Crippen LogP contribution in [0, 0.1) is 11.6 Å². The molecule has 0 aliphatic heterocycles. The highest BCUT2D eigenvalue weighted by Gasteiger charge is 2.19. The van der Waals surface area contributed by atoms with Gasteiger partial charge in [0.25, 0.3) is 0 Å². The van der Waals surface area contributed by atoms with Crippen molar-refractivity contribution in [3.63, 3.8) is 0 Å². The van der Waals surface area contributed by atoms with Gasteiger partial charge in [-0.3, -0.25) is 4.79 Å². The number of hydrogen-bond donors (Lipinski definition) is 2. The van der Waals surface area contributed by atoms with Crippen LogP contribution in [0.1, 0.15) is 11.6 Å². The van der Waals surface area contributed by atoms with Crippen LogP contribution in [0.15, 0.2) is 46.9 Å². The number of carbonyl (C=O) groups is 1. The summed E-state index contributed by atoms with van der Waals surface area (Å²) in [5.41, 5.74) is 5.80. The van der Waals surface area contributed by atoms with E-state index in [-0.39, 0.29) is 4.47 Å². The first-order valence-electron chi connectivity index (χ1n) is 5.75. The first-order chi connectivity index (χ1) is 9.49. The zero-order valence-corrected chi connectivity index (χ0v) is 11.8. The van der Waals surface area contributed by atoms with E-state index in [4.69, 9.17) is 5.73 Å². The molecule has 0 unspecified atom stereocenters. The standard InChI is InChI=1S/C14H11BrF2N2O/c15-9-6-10(16)13(11(17)7-9)19-14(20)12(18)8-4-2-1-3-5-8/h1-7,12H,18H2,(H,19,20)/t12-/m0/s1. The second-order valence-corrected chi connectivity index (χ2v) is 5.04. The summed E-state index contributed by atoms with van der Waals surface area (Å²) in [5, 5.41) is 2.17. The molecule has 0 heterocycles. The molecule has 0 bridgehead atoms. The SMILES string of the molecule is N[C@H](C(=O)Nc1c(F)cc(Br)cc1F)c1ccccc1. The molecular weight excluding hydrogens is 330 g/mol. The van der Waals surface area contributed by atoms with Crippen molar-refractivity contribution in [2.45, 2.75) is 6.04 Å². The van der Waals surface area contributed by atoms with E-state index in [0.717, 1.165) is 12.1 Å². The van der Waals surface area contributed by atoms with Gasteiger partial charge in [0, 0.05) is 4.47 Å². The maximum absolute atomic E-state index is 13.6. The first kappa shape index (κ1) is 14.6. The number of hydrogen-bond acceptors (Lipinski definition) is 2. The predicted octanol–water partition coefficient (Wildman–Crippen LogP) is 3.37. The van der Waals surface area contributed by atoms with Gasteiger partial charge in [-0.15, -0.1) is 0 Å². The Bertz CT molecular complexity index is 611. The summed E-state index contributed by atoms with van der Waals surface area (Å²) >= 11 is 2.96. The number of anilines is 1. The average molecular weight is 341 g/mol. The van der Waals surface area contributed by atoms with E-state index in [0.29, 0.717) is 5.56 Å². The van der Waals surface area contributed by atoms with Gasteiger partial charge in [0.15, 0.2) is 11.6 Å². The highest BCUT2D eigenvalue weighted by atomic mass is 79.9. The Hall–Kier alpha value is -1.79. The van der Waals surface area contributed by atoms with Crippen LogP contribution in [0.5, 0.6) is 0 Å². The molecule has 3 nitrogen and oxygen atoms in total. The fourth-order valence-corrected chi connectivity index (χ4v) is 2.08. The second kappa shape index (κ2) is 6.11. The Kier molecular flexibility index (Phi) is 4.46. The van der Waals surface area contributed by atoms with Gasteiger partial charge in [-0.05, 0) is 17.7 Å². The molecule has 0 saturated carbocycles. The first-order valence-corrected chi connectivity index (χ1v) is 6.54. The number of nitrogens with two attached hydrogens (primary N) is 1. The summed E-state index contributed by atoms with van der Waals surface area (Å²) in [6.07, 6.45) is 0. The summed E-state index contributed by atoms with van der Waals surface area (Å²) in [5.74, 6) is -2.42. The Morgan fingerprint density at radius 2 is 1.70 bits per heavy atom. The summed E-state index contributed by atoms with van der Waals surface area (Å²) in [4.78, 5) is 11.9. The number of rotatable bonds is 3. The fraction of sp³-hybridized carbons (Fsp3) is 0.0714. The normalized spacial score (nSPS) is 12.0. The number of amides is 1. The summed E-state index contributed by atoms with van der Waals surface area (Å²) in [6.45, 7) is 0. The Morgan fingerprint density at radius 3 is 2.25 bits per heavy atom. The Labute approximate surface area is 122 Å². The molecule has 0 spiro atoms. The van der Waals surface area contributed by atoms with Crippen LogP contribution in [0.2, 0.25) is 0 Å². The van der Waals surface area contributed by atoms with Crippen LogP contribution in [0.3, 0.4) is 0 Å². The average Bonchev–Trinajstić information content (AvgIpc) is 2.42. The van der Waals surface area contributed by atoms with Crippen LogP contribution < -0.4 is 11.1 Å².